The van der Waals surface area contributed by atoms with Crippen molar-refractivity contribution in [2.75, 3.05) is 31.3 Å². The molecule has 2 aromatic rings. The van der Waals surface area contributed by atoms with E-state index in [-0.39, 0.29) is 5.91 Å². The molecule has 0 fully saturated rings. The highest BCUT2D eigenvalue weighted by atomic mass is 16.2. The van der Waals surface area contributed by atoms with Crippen LogP contribution in [0.5, 0.6) is 0 Å². The highest BCUT2D eigenvalue weighted by Crippen LogP contribution is 2.27. The molecule has 0 spiro atoms. The van der Waals surface area contributed by atoms with E-state index in [0.717, 1.165) is 24.6 Å². The van der Waals surface area contributed by atoms with Gasteiger partial charge in [0, 0.05) is 32.7 Å². The molecule has 0 bridgehead atoms. The summed E-state index contributed by atoms with van der Waals surface area (Å²) in [6.45, 7) is 2.35. The molecular weight excluding hydrogens is 268 g/mol. The Kier molecular flexibility index (Phi) is 3.25. The van der Waals surface area contributed by atoms with Gasteiger partial charge >= 0.3 is 0 Å². The molecule has 0 aliphatic carbocycles. The lowest BCUT2D eigenvalue weighted by Gasteiger charge is -2.30. The van der Waals surface area contributed by atoms with Crippen LogP contribution in [0.15, 0.2) is 24.5 Å². The standard InChI is InChI=1S/C14H18N6O/c1-18(2)14(21)10-3-4-12(11(15)7-10)19-5-6-20-9-16-17-13(20)8-19/h3-4,7,9H,5-6,8,15H2,1-2H3. The first-order chi connectivity index (χ1) is 10.1. The molecule has 1 aliphatic heterocycles. The zero-order valence-corrected chi connectivity index (χ0v) is 12.2. The van der Waals surface area contributed by atoms with Crippen molar-refractivity contribution in [1.82, 2.24) is 19.7 Å². The quantitative estimate of drug-likeness (QED) is 0.817. The van der Waals surface area contributed by atoms with Crippen molar-refractivity contribution in [3.8, 4) is 0 Å². The first-order valence-electron chi connectivity index (χ1n) is 6.79. The third kappa shape index (κ3) is 2.42. The van der Waals surface area contributed by atoms with Gasteiger partial charge in [0.2, 0.25) is 0 Å². The third-order valence-electron chi connectivity index (χ3n) is 3.66. The van der Waals surface area contributed by atoms with Gasteiger partial charge in [-0.25, -0.2) is 0 Å². The summed E-state index contributed by atoms with van der Waals surface area (Å²) in [4.78, 5) is 15.6. The first kappa shape index (κ1) is 13.4. The monoisotopic (exact) mass is 286 g/mol. The molecule has 2 heterocycles. The second-order valence-corrected chi connectivity index (χ2v) is 5.34. The topological polar surface area (TPSA) is 80.3 Å². The van der Waals surface area contributed by atoms with Gasteiger partial charge in [-0.15, -0.1) is 10.2 Å². The summed E-state index contributed by atoms with van der Waals surface area (Å²) < 4.78 is 2.04. The molecule has 0 radical (unpaired) electrons. The number of hydrogen-bond donors (Lipinski definition) is 1. The fourth-order valence-electron chi connectivity index (χ4n) is 2.51. The Balaban J connectivity index is 1.86. The minimum atomic E-state index is -0.0494. The molecule has 3 rings (SSSR count). The average molecular weight is 286 g/mol. The minimum Gasteiger partial charge on any atom is -0.397 e. The fourth-order valence-corrected chi connectivity index (χ4v) is 2.51. The fraction of sp³-hybridized carbons (Fsp3) is 0.357. The van der Waals surface area contributed by atoms with Crippen LogP contribution in [0.25, 0.3) is 0 Å². The molecule has 1 aromatic heterocycles. The van der Waals surface area contributed by atoms with Gasteiger partial charge in [-0.05, 0) is 18.2 Å². The maximum atomic E-state index is 11.9. The molecule has 21 heavy (non-hydrogen) atoms. The number of benzene rings is 1. The van der Waals surface area contributed by atoms with Crippen LogP contribution in [0.2, 0.25) is 0 Å². The van der Waals surface area contributed by atoms with E-state index in [4.69, 9.17) is 5.73 Å². The molecule has 110 valence electrons. The molecule has 2 N–H and O–H groups in total. The smallest absolute Gasteiger partial charge is 0.253 e. The Bertz CT molecular complexity index is 678. The zero-order valence-electron chi connectivity index (χ0n) is 12.2. The molecular formula is C14H18N6O. The lowest BCUT2D eigenvalue weighted by molar-refractivity contribution is 0.0827. The number of rotatable bonds is 2. The normalized spacial score (nSPS) is 13.9. The number of hydrogen-bond acceptors (Lipinski definition) is 5. The molecule has 0 saturated heterocycles. The van der Waals surface area contributed by atoms with Gasteiger partial charge in [0.25, 0.3) is 5.91 Å². The molecule has 0 atom stereocenters. The summed E-state index contributed by atoms with van der Waals surface area (Å²) >= 11 is 0. The Morgan fingerprint density at radius 3 is 2.86 bits per heavy atom. The Morgan fingerprint density at radius 2 is 2.14 bits per heavy atom. The molecule has 1 aromatic carbocycles. The summed E-state index contributed by atoms with van der Waals surface area (Å²) in [5, 5.41) is 8.02. The highest BCUT2D eigenvalue weighted by Gasteiger charge is 2.20. The van der Waals surface area contributed by atoms with Crippen LogP contribution in [0.4, 0.5) is 11.4 Å². The largest absolute Gasteiger partial charge is 0.397 e. The molecule has 7 heteroatoms. The van der Waals surface area contributed by atoms with Crippen LogP contribution in [-0.4, -0.2) is 46.2 Å². The van der Waals surface area contributed by atoms with Crippen molar-refractivity contribution >= 4 is 17.3 Å². The van der Waals surface area contributed by atoms with E-state index in [1.165, 1.54) is 4.90 Å². The van der Waals surface area contributed by atoms with E-state index >= 15 is 0 Å². The van der Waals surface area contributed by atoms with Crippen LogP contribution < -0.4 is 10.6 Å². The number of nitrogens with two attached hydrogens (primary N) is 1. The molecule has 0 saturated carbocycles. The van der Waals surface area contributed by atoms with E-state index in [9.17, 15) is 4.79 Å². The average Bonchev–Trinajstić information content (AvgIpc) is 2.93. The number of nitrogens with zero attached hydrogens (tertiary/aromatic N) is 5. The second-order valence-electron chi connectivity index (χ2n) is 5.34. The summed E-state index contributed by atoms with van der Waals surface area (Å²) in [7, 11) is 3.45. The number of carbonyl (C=O) groups is 1. The van der Waals surface area contributed by atoms with Crippen LogP contribution in [0, 0.1) is 0 Å². The Hall–Kier alpha value is -2.57. The third-order valence-corrected chi connectivity index (χ3v) is 3.66. The maximum Gasteiger partial charge on any atom is 0.253 e. The van der Waals surface area contributed by atoms with Gasteiger partial charge in [0.05, 0.1) is 17.9 Å². The first-order valence-corrected chi connectivity index (χ1v) is 6.79. The van der Waals surface area contributed by atoms with Gasteiger partial charge < -0.3 is 20.1 Å². The van der Waals surface area contributed by atoms with Crippen LogP contribution in [-0.2, 0) is 13.1 Å². The van der Waals surface area contributed by atoms with Crippen LogP contribution >= 0.6 is 0 Å². The summed E-state index contributed by atoms with van der Waals surface area (Å²) in [5.74, 6) is 0.876. The van der Waals surface area contributed by atoms with Crippen molar-refractivity contribution in [2.45, 2.75) is 13.1 Å². The van der Waals surface area contributed by atoms with Gasteiger partial charge in [0.15, 0.2) is 5.82 Å². The second kappa shape index (κ2) is 5.08. The van der Waals surface area contributed by atoms with Crippen molar-refractivity contribution in [3.63, 3.8) is 0 Å². The maximum absolute atomic E-state index is 11.9. The van der Waals surface area contributed by atoms with Crippen LogP contribution in [0.1, 0.15) is 16.2 Å². The number of carbonyl (C=O) groups excluding carboxylic acids is 1. The van der Waals surface area contributed by atoms with Crippen molar-refractivity contribution in [2.24, 2.45) is 0 Å². The van der Waals surface area contributed by atoms with E-state index < -0.39 is 0 Å². The van der Waals surface area contributed by atoms with E-state index in [0.29, 0.717) is 17.8 Å². The predicted molar refractivity (Wildman–Crippen MR) is 79.9 cm³/mol. The van der Waals surface area contributed by atoms with Gasteiger partial charge in [-0.3, -0.25) is 4.79 Å². The number of amides is 1. The number of anilines is 2. The number of fused-ring (bicyclic) bond motifs is 1. The number of nitrogen functional groups attached to an aromatic ring is 1. The van der Waals surface area contributed by atoms with Gasteiger partial charge in [-0.2, -0.15) is 0 Å². The van der Waals surface area contributed by atoms with E-state index in [1.807, 2.05) is 16.7 Å². The molecule has 1 amide bonds. The van der Waals surface area contributed by atoms with E-state index in [1.54, 1.807) is 26.5 Å². The van der Waals surface area contributed by atoms with Gasteiger partial charge in [-0.1, -0.05) is 0 Å². The SMILES string of the molecule is CN(C)C(=O)c1ccc(N2CCn3cnnc3C2)c(N)c1. The van der Waals surface area contributed by atoms with Crippen molar-refractivity contribution in [3.05, 3.63) is 35.9 Å². The van der Waals surface area contributed by atoms with Crippen molar-refractivity contribution in [1.29, 1.82) is 0 Å². The lowest BCUT2D eigenvalue weighted by Crippen LogP contribution is -2.34. The Labute approximate surface area is 123 Å². The summed E-state index contributed by atoms with van der Waals surface area (Å²) in [6.07, 6.45) is 1.74. The lowest BCUT2D eigenvalue weighted by atomic mass is 10.1. The Morgan fingerprint density at radius 1 is 1.33 bits per heavy atom. The highest BCUT2D eigenvalue weighted by molar-refractivity contribution is 5.95. The molecule has 1 aliphatic rings. The number of aromatic nitrogens is 3. The summed E-state index contributed by atoms with van der Waals surface area (Å²) in [6, 6.07) is 5.45. The zero-order chi connectivity index (χ0) is 15.0. The molecule has 7 nitrogen and oxygen atoms in total. The van der Waals surface area contributed by atoms with Crippen LogP contribution in [0.3, 0.4) is 0 Å². The molecule has 0 unspecified atom stereocenters. The minimum absolute atomic E-state index is 0.0494. The predicted octanol–water partition coefficient (Wildman–Crippen LogP) is 0.582. The van der Waals surface area contributed by atoms with Crippen molar-refractivity contribution < 1.29 is 4.79 Å². The van der Waals surface area contributed by atoms with E-state index in [2.05, 4.69) is 15.1 Å². The summed E-state index contributed by atoms with van der Waals surface area (Å²) in [5.41, 5.74) is 8.27. The van der Waals surface area contributed by atoms with Gasteiger partial charge in [0.1, 0.15) is 6.33 Å².